The summed E-state index contributed by atoms with van der Waals surface area (Å²) in [5.41, 5.74) is 0.618. The summed E-state index contributed by atoms with van der Waals surface area (Å²) in [5, 5.41) is 14.1. The van der Waals surface area contributed by atoms with Crippen LogP contribution >= 0.6 is 11.6 Å². The summed E-state index contributed by atoms with van der Waals surface area (Å²) in [7, 11) is 0. The van der Waals surface area contributed by atoms with Gasteiger partial charge in [-0.1, -0.05) is 48.0 Å². The molecule has 6 nitrogen and oxygen atoms in total. The predicted molar refractivity (Wildman–Crippen MR) is 113 cm³/mol. The van der Waals surface area contributed by atoms with Crippen molar-refractivity contribution in [2.45, 2.75) is 6.54 Å². The minimum absolute atomic E-state index is 0.213. The molecule has 0 aliphatic heterocycles. The minimum atomic E-state index is -0.720. The molecule has 1 amide bonds. The summed E-state index contributed by atoms with van der Waals surface area (Å²) in [6, 6.07) is 19.2. The van der Waals surface area contributed by atoms with Gasteiger partial charge in [-0.3, -0.25) is 14.2 Å². The Kier molecular flexibility index (Phi) is 5.01. The maximum atomic E-state index is 13.2. The van der Waals surface area contributed by atoms with Gasteiger partial charge in [-0.25, -0.2) is 4.98 Å². The highest BCUT2D eigenvalue weighted by atomic mass is 35.5. The molecule has 0 radical (unpaired) electrons. The molecule has 29 heavy (non-hydrogen) atoms. The van der Waals surface area contributed by atoms with Crippen LogP contribution < -0.4 is 10.9 Å². The first kappa shape index (κ1) is 18.7. The molecule has 2 N–H and O–H groups in total. The molecule has 2 aromatic heterocycles. The van der Waals surface area contributed by atoms with E-state index < -0.39 is 17.2 Å². The van der Waals surface area contributed by atoms with Crippen molar-refractivity contribution in [3.05, 3.63) is 99.4 Å². The van der Waals surface area contributed by atoms with Gasteiger partial charge in [-0.2, -0.15) is 0 Å². The van der Waals surface area contributed by atoms with Crippen molar-refractivity contribution in [3.8, 4) is 5.75 Å². The van der Waals surface area contributed by atoms with E-state index in [9.17, 15) is 14.7 Å². The number of nitrogens with zero attached hydrogens (tertiary/aromatic N) is 2. The molecule has 0 fully saturated rings. The molecule has 0 aliphatic carbocycles. The van der Waals surface area contributed by atoms with Gasteiger partial charge in [-0.05, 0) is 35.9 Å². The van der Waals surface area contributed by atoms with Gasteiger partial charge in [0, 0.05) is 16.9 Å². The first-order valence-electron chi connectivity index (χ1n) is 8.86. The van der Waals surface area contributed by atoms with E-state index in [1.807, 2.05) is 30.3 Å². The van der Waals surface area contributed by atoms with Gasteiger partial charge >= 0.3 is 0 Å². The minimum Gasteiger partial charge on any atom is -0.506 e. The van der Waals surface area contributed by atoms with Crippen molar-refractivity contribution in [1.29, 1.82) is 0 Å². The summed E-state index contributed by atoms with van der Waals surface area (Å²) in [5.74, 6) is -1.12. The SMILES string of the molecule is O=C(Nc1cccc(Cl)c1)c1c(O)c2cccnc2n(Cc2ccccc2)c1=O. The number of halogens is 1. The van der Waals surface area contributed by atoms with Crippen molar-refractivity contribution < 1.29 is 9.90 Å². The molecule has 2 aromatic carbocycles. The van der Waals surface area contributed by atoms with Crippen LogP contribution in [-0.2, 0) is 6.54 Å². The maximum absolute atomic E-state index is 13.2. The number of rotatable bonds is 4. The summed E-state index contributed by atoms with van der Waals surface area (Å²) >= 11 is 5.96. The molecule has 0 atom stereocenters. The number of benzene rings is 2. The number of aromatic hydroxyl groups is 1. The van der Waals surface area contributed by atoms with E-state index in [1.54, 1.807) is 36.4 Å². The second-order valence-corrected chi connectivity index (χ2v) is 6.88. The molecule has 0 saturated heterocycles. The predicted octanol–water partition coefficient (Wildman–Crippen LogP) is 4.06. The average molecular weight is 406 g/mol. The van der Waals surface area contributed by atoms with Crippen LogP contribution in [0.15, 0.2) is 77.7 Å². The molecule has 0 spiro atoms. The number of hydrogen-bond donors (Lipinski definition) is 2. The van der Waals surface area contributed by atoms with Gasteiger partial charge in [-0.15, -0.1) is 0 Å². The van der Waals surface area contributed by atoms with Gasteiger partial charge in [0.2, 0.25) is 0 Å². The third-order valence-electron chi connectivity index (χ3n) is 4.49. The molecular weight excluding hydrogens is 390 g/mol. The zero-order valence-corrected chi connectivity index (χ0v) is 15.9. The molecular formula is C22H16ClN3O3. The van der Waals surface area contributed by atoms with Crippen LogP contribution in [0.1, 0.15) is 15.9 Å². The van der Waals surface area contributed by atoms with Gasteiger partial charge in [0.1, 0.15) is 17.0 Å². The van der Waals surface area contributed by atoms with E-state index in [-0.39, 0.29) is 12.1 Å². The monoisotopic (exact) mass is 405 g/mol. The van der Waals surface area contributed by atoms with E-state index in [0.29, 0.717) is 21.7 Å². The fraction of sp³-hybridized carbons (Fsp3) is 0.0455. The molecule has 0 aliphatic rings. The Hall–Kier alpha value is -3.64. The van der Waals surface area contributed by atoms with Gasteiger partial charge in [0.25, 0.3) is 11.5 Å². The Labute approximate surface area is 171 Å². The molecule has 0 saturated carbocycles. The fourth-order valence-electron chi connectivity index (χ4n) is 3.14. The molecule has 4 rings (SSSR count). The van der Waals surface area contributed by atoms with Crippen molar-refractivity contribution in [2.75, 3.05) is 5.32 Å². The van der Waals surface area contributed by atoms with Crippen molar-refractivity contribution in [3.63, 3.8) is 0 Å². The van der Waals surface area contributed by atoms with E-state index in [2.05, 4.69) is 10.3 Å². The average Bonchev–Trinajstić information content (AvgIpc) is 2.72. The second kappa shape index (κ2) is 7.77. The van der Waals surface area contributed by atoms with Crippen LogP contribution in [0, 0.1) is 0 Å². The van der Waals surface area contributed by atoms with E-state index >= 15 is 0 Å². The fourth-order valence-corrected chi connectivity index (χ4v) is 3.33. The van der Waals surface area contributed by atoms with Crippen molar-refractivity contribution in [1.82, 2.24) is 9.55 Å². The zero-order valence-electron chi connectivity index (χ0n) is 15.2. The Morgan fingerprint density at radius 3 is 2.62 bits per heavy atom. The maximum Gasteiger partial charge on any atom is 0.269 e. The van der Waals surface area contributed by atoms with Crippen LogP contribution in [0.25, 0.3) is 11.0 Å². The highest BCUT2D eigenvalue weighted by Gasteiger charge is 2.23. The zero-order chi connectivity index (χ0) is 20.4. The quantitative estimate of drug-likeness (QED) is 0.536. The molecule has 0 bridgehead atoms. The van der Waals surface area contributed by atoms with Crippen LogP contribution in [0.5, 0.6) is 5.75 Å². The van der Waals surface area contributed by atoms with Gasteiger partial charge in [0.15, 0.2) is 0 Å². The highest BCUT2D eigenvalue weighted by molar-refractivity contribution is 6.31. The lowest BCUT2D eigenvalue weighted by atomic mass is 10.1. The number of fused-ring (bicyclic) bond motifs is 1. The van der Waals surface area contributed by atoms with E-state index in [4.69, 9.17) is 11.6 Å². The van der Waals surface area contributed by atoms with Crippen LogP contribution in [0.3, 0.4) is 0 Å². The standard InChI is InChI=1S/C22H16ClN3O3/c23-15-8-4-9-16(12-15)25-21(28)18-19(27)17-10-5-11-24-20(17)26(22(18)29)13-14-6-2-1-3-7-14/h1-12,27H,13H2,(H,25,28). The Morgan fingerprint density at radius 1 is 1.07 bits per heavy atom. The van der Waals surface area contributed by atoms with Crippen molar-refractivity contribution in [2.24, 2.45) is 0 Å². The smallest absolute Gasteiger partial charge is 0.269 e. The Morgan fingerprint density at radius 2 is 1.86 bits per heavy atom. The number of hydrogen-bond acceptors (Lipinski definition) is 4. The topological polar surface area (TPSA) is 84.2 Å². The number of pyridine rings is 2. The van der Waals surface area contributed by atoms with Crippen LogP contribution in [0.2, 0.25) is 5.02 Å². The number of aromatic nitrogens is 2. The summed E-state index contributed by atoms with van der Waals surface area (Å²) in [4.78, 5) is 30.3. The van der Waals surface area contributed by atoms with E-state index in [1.165, 1.54) is 10.8 Å². The normalized spacial score (nSPS) is 10.8. The molecule has 2 heterocycles. The second-order valence-electron chi connectivity index (χ2n) is 6.44. The van der Waals surface area contributed by atoms with Crippen LogP contribution in [-0.4, -0.2) is 20.6 Å². The first-order valence-corrected chi connectivity index (χ1v) is 9.23. The van der Waals surface area contributed by atoms with Gasteiger partial charge in [0.05, 0.1) is 11.9 Å². The summed E-state index contributed by atoms with van der Waals surface area (Å²) in [6.45, 7) is 0.213. The third-order valence-corrected chi connectivity index (χ3v) is 4.72. The number of nitrogens with one attached hydrogen (secondary N) is 1. The summed E-state index contributed by atoms with van der Waals surface area (Å²) in [6.07, 6.45) is 1.54. The van der Waals surface area contributed by atoms with Crippen molar-refractivity contribution >= 4 is 34.2 Å². The number of carbonyl (C=O) groups is 1. The van der Waals surface area contributed by atoms with Gasteiger partial charge < -0.3 is 10.4 Å². The summed E-state index contributed by atoms with van der Waals surface area (Å²) < 4.78 is 1.39. The number of carbonyl (C=O) groups excluding carboxylic acids is 1. The molecule has 144 valence electrons. The van der Waals surface area contributed by atoms with Crippen LogP contribution in [0.4, 0.5) is 5.69 Å². The number of anilines is 1. The van der Waals surface area contributed by atoms with E-state index in [0.717, 1.165) is 5.56 Å². The largest absolute Gasteiger partial charge is 0.506 e. The lowest BCUT2D eigenvalue weighted by Crippen LogP contribution is -2.30. The number of amides is 1. The third kappa shape index (κ3) is 3.70. The lowest BCUT2D eigenvalue weighted by molar-refractivity contribution is 0.102. The lowest BCUT2D eigenvalue weighted by Gasteiger charge is -2.14. The Bertz CT molecular complexity index is 1270. The molecule has 0 unspecified atom stereocenters. The molecule has 7 heteroatoms. The molecule has 4 aromatic rings. The Balaban J connectivity index is 1.85. The highest BCUT2D eigenvalue weighted by Crippen LogP contribution is 2.26. The first-order chi connectivity index (χ1) is 14.0.